The summed E-state index contributed by atoms with van der Waals surface area (Å²) in [5, 5.41) is 7.71. The van der Waals surface area contributed by atoms with Crippen molar-refractivity contribution in [1.29, 1.82) is 0 Å². The number of amides is 1. The summed E-state index contributed by atoms with van der Waals surface area (Å²) in [4.78, 5) is 16.6. The normalized spacial score (nSPS) is 10.4. The fraction of sp³-hybridized carbons (Fsp3) is 0.273. The van der Waals surface area contributed by atoms with Gasteiger partial charge in [-0.1, -0.05) is 0 Å². The van der Waals surface area contributed by atoms with Crippen LogP contribution in [0.1, 0.15) is 20.4 Å². The number of carbonyl (C=O) groups excluding carboxylic acids is 1. The lowest BCUT2D eigenvalue weighted by molar-refractivity contribution is 0.0959. The van der Waals surface area contributed by atoms with Gasteiger partial charge in [0, 0.05) is 24.0 Å². The maximum absolute atomic E-state index is 11.7. The summed E-state index contributed by atoms with van der Waals surface area (Å²) in [5.41, 5.74) is 7.23. The fourth-order valence-corrected chi connectivity index (χ4v) is 2.89. The number of rotatable bonds is 4. The lowest BCUT2D eigenvalue weighted by atomic mass is 10.3. The van der Waals surface area contributed by atoms with Crippen LogP contribution in [0.15, 0.2) is 16.8 Å². The van der Waals surface area contributed by atoms with Gasteiger partial charge in [0.15, 0.2) is 0 Å². The number of hydrogen-bond acceptors (Lipinski definition) is 5. The number of carbonyl (C=O) groups is 1. The molecule has 0 unspecified atom stereocenters. The zero-order valence-corrected chi connectivity index (χ0v) is 11.0. The number of nitrogens with two attached hydrogens (primary N) is 1. The van der Waals surface area contributed by atoms with E-state index in [1.165, 1.54) is 11.3 Å². The highest BCUT2D eigenvalue weighted by atomic mass is 32.1. The molecule has 1 amide bonds. The van der Waals surface area contributed by atoms with Crippen molar-refractivity contribution in [3.05, 3.63) is 32.4 Å². The third-order valence-electron chi connectivity index (χ3n) is 2.19. The number of nitrogens with zero attached hydrogens (tertiary/aromatic N) is 1. The van der Waals surface area contributed by atoms with Crippen molar-refractivity contribution >= 4 is 34.3 Å². The molecule has 0 saturated heterocycles. The first-order valence-electron chi connectivity index (χ1n) is 5.19. The van der Waals surface area contributed by atoms with Crippen LogP contribution in [-0.2, 0) is 6.42 Å². The first-order chi connectivity index (χ1) is 8.16. The minimum atomic E-state index is -0.106. The van der Waals surface area contributed by atoms with E-state index in [4.69, 9.17) is 5.73 Å². The van der Waals surface area contributed by atoms with Gasteiger partial charge in [0.1, 0.15) is 4.88 Å². The highest BCUT2D eigenvalue weighted by Crippen LogP contribution is 2.18. The molecule has 0 saturated carbocycles. The van der Waals surface area contributed by atoms with Crippen molar-refractivity contribution in [3.8, 4) is 0 Å². The molecule has 2 aromatic heterocycles. The molecule has 6 heteroatoms. The zero-order valence-electron chi connectivity index (χ0n) is 9.40. The largest absolute Gasteiger partial charge is 0.397 e. The lowest BCUT2D eigenvalue weighted by Crippen LogP contribution is -2.25. The van der Waals surface area contributed by atoms with Crippen LogP contribution in [0.2, 0.25) is 0 Å². The first kappa shape index (κ1) is 12.1. The predicted octanol–water partition coefficient (Wildman–Crippen LogP) is 2.07. The molecular formula is C11H13N3OS2. The van der Waals surface area contributed by atoms with Crippen molar-refractivity contribution in [1.82, 2.24) is 10.3 Å². The monoisotopic (exact) mass is 267 g/mol. The Kier molecular flexibility index (Phi) is 3.75. The Balaban J connectivity index is 1.83. The number of nitrogen functional groups attached to an aromatic ring is 1. The molecule has 0 spiro atoms. The van der Waals surface area contributed by atoms with Crippen molar-refractivity contribution in [2.24, 2.45) is 0 Å². The third-order valence-corrected chi connectivity index (χ3v) is 4.15. The second-order valence-corrected chi connectivity index (χ2v) is 5.45. The Labute approximate surface area is 107 Å². The van der Waals surface area contributed by atoms with E-state index in [9.17, 15) is 4.79 Å². The number of anilines is 1. The number of thiazole rings is 1. The van der Waals surface area contributed by atoms with Crippen LogP contribution in [0, 0.1) is 6.92 Å². The second kappa shape index (κ2) is 5.29. The minimum Gasteiger partial charge on any atom is -0.397 e. The molecule has 2 heterocycles. The maximum atomic E-state index is 11.7. The molecule has 0 aliphatic rings. The predicted molar refractivity (Wildman–Crippen MR) is 71.6 cm³/mol. The van der Waals surface area contributed by atoms with E-state index in [0.29, 0.717) is 17.1 Å². The number of thiophene rings is 1. The van der Waals surface area contributed by atoms with Crippen LogP contribution in [0.5, 0.6) is 0 Å². The highest BCUT2D eigenvalue weighted by molar-refractivity contribution is 7.12. The number of nitrogens with one attached hydrogen (secondary N) is 1. The molecular weight excluding hydrogens is 254 g/mol. The maximum Gasteiger partial charge on any atom is 0.263 e. The summed E-state index contributed by atoms with van der Waals surface area (Å²) in [6.07, 6.45) is 0.759. The van der Waals surface area contributed by atoms with Crippen molar-refractivity contribution in [2.45, 2.75) is 13.3 Å². The van der Waals surface area contributed by atoms with Gasteiger partial charge in [0.25, 0.3) is 5.91 Å². The third kappa shape index (κ3) is 3.04. The molecule has 3 N–H and O–H groups in total. The molecule has 2 aromatic rings. The van der Waals surface area contributed by atoms with E-state index in [1.54, 1.807) is 17.4 Å². The summed E-state index contributed by atoms with van der Waals surface area (Å²) < 4.78 is 0. The van der Waals surface area contributed by atoms with Gasteiger partial charge in [-0.2, -0.15) is 0 Å². The Hall–Kier alpha value is -1.40. The average molecular weight is 267 g/mol. The van der Waals surface area contributed by atoms with Gasteiger partial charge in [-0.15, -0.1) is 22.7 Å². The van der Waals surface area contributed by atoms with Crippen molar-refractivity contribution in [2.75, 3.05) is 12.3 Å². The molecule has 2 rings (SSSR count). The quantitative estimate of drug-likeness (QED) is 0.891. The number of hydrogen-bond donors (Lipinski definition) is 2. The SMILES string of the molecule is Cc1csc(CCNC(=O)c2sccc2N)n1. The van der Waals surface area contributed by atoms with Gasteiger partial charge in [0.2, 0.25) is 0 Å². The van der Waals surface area contributed by atoms with Crippen LogP contribution in [0.3, 0.4) is 0 Å². The van der Waals surface area contributed by atoms with Crippen LogP contribution >= 0.6 is 22.7 Å². The van der Waals surface area contributed by atoms with Crippen molar-refractivity contribution in [3.63, 3.8) is 0 Å². The average Bonchev–Trinajstić information content (AvgIpc) is 2.87. The smallest absolute Gasteiger partial charge is 0.263 e. The Bertz CT molecular complexity index is 518. The van der Waals surface area contributed by atoms with E-state index in [1.807, 2.05) is 17.7 Å². The standard InChI is InChI=1S/C11H13N3OS2/c1-7-6-17-9(14-7)2-4-13-11(15)10-8(12)3-5-16-10/h3,5-6H,2,4,12H2,1H3,(H,13,15). The van der Waals surface area contributed by atoms with Crippen molar-refractivity contribution < 1.29 is 4.79 Å². The van der Waals surface area contributed by atoms with E-state index in [-0.39, 0.29) is 5.91 Å². The van der Waals surface area contributed by atoms with E-state index in [2.05, 4.69) is 10.3 Å². The zero-order chi connectivity index (χ0) is 12.3. The summed E-state index contributed by atoms with van der Waals surface area (Å²) >= 11 is 2.98. The van der Waals surface area contributed by atoms with E-state index < -0.39 is 0 Å². The molecule has 0 bridgehead atoms. The highest BCUT2D eigenvalue weighted by Gasteiger charge is 2.10. The Morgan fingerprint density at radius 1 is 1.53 bits per heavy atom. The molecule has 0 atom stereocenters. The fourth-order valence-electron chi connectivity index (χ4n) is 1.38. The number of aromatic nitrogens is 1. The van der Waals surface area contributed by atoms with E-state index >= 15 is 0 Å². The Morgan fingerprint density at radius 2 is 2.35 bits per heavy atom. The van der Waals surface area contributed by atoms with Gasteiger partial charge < -0.3 is 11.1 Å². The molecule has 0 aliphatic carbocycles. The van der Waals surface area contributed by atoms with Gasteiger partial charge in [-0.05, 0) is 18.4 Å². The lowest BCUT2D eigenvalue weighted by Gasteiger charge is -2.02. The van der Waals surface area contributed by atoms with Gasteiger partial charge in [-0.3, -0.25) is 4.79 Å². The summed E-state index contributed by atoms with van der Waals surface area (Å²) in [7, 11) is 0. The molecule has 4 nitrogen and oxygen atoms in total. The van der Waals surface area contributed by atoms with Crippen LogP contribution in [0.4, 0.5) is 5.69 Å². The number of aryl methyl sites for hydroxylation is 1. The molecule has 0 aromatic carbocycles. The topological polar surface area (TPSA) is 68.0 Å². The molecule has 17 heavy (non-hydrogen) atoms. The summed E-state index contributed by atoms with van der Waals surface area (Å²) in [6, 6.07) is 1.74. The van der Waals surface area contributed by atoms with Crippen LogP contribution in [0.25, 0.3) is 0 Å². The minimum absolute atomic E-state index is 0.106. The molecule has 0 radical (unpaired) electrons. The second-order valence-electron chi connectivity index (χ2n) is 3.59. The summed E-state index contributed by atoms with van der Waals surface area (Å²) in [6.45, 7) is 2.55. The van der Waals surface area contributed by atoms with Crippen LogP contribution < -0.4 is 11.1 Å². The van der Waals surface area contributed by atoms with Gasteiger partial charge >= 0.3 is 0 Å². The van der Waals surface area contributed by atoms with E-state index in [0.717, 1.165) is 17.1 Å². The van der Waals surface area contributed by atoms with Gasteiger partial charge in [0.05, 0.1) is 10.7 Å². The molecule has 90 valence electrons. The van der Waals surface area contributed by atoms with Crippen LogP contribution in [-0.4, -0.2) is 17.4 Å². The Morgan fingerprint density at radius 3 is 2.94 bits per heavy atom. The molecule has 0 aliphatic heterocycles. The van der Waals surface area contributed by atoms with Gasteiger partial charge in [-0.25, -0.2) is 4.98 Å². The first-order valence-corrected chi connectivity index (χ1v) is 6.95. The molecule has 0 fully saturated rings. The summed E-state index contributed by atoms with van der Waals surface area (Å²) in [5.74, 6) is -0.106.